The molecule has 0 aromatic heterocycles. The Kier molecular flexibility index (Phi) is 7.26. The van der Waals surface area contributed by atoms with Gasteiger partial charge in [0.15, 0.2) is 0 Å². The predicted octanol–water partition coefficient (Wildman–Crippen LogP) is 3.79. The third-order valence-electron chi connectivity index (χ3n) is 3.37. The van der Waals surface area contributed by atoms with E-state index in [0.717, 1.165) is 11.8 Å². The fraction of sp³-hybridized carbons (Fsp3) is 1.00. The molecule has 0 N–H and O–H groups in total. The quantitative estimate of drug-likeness (QED) is 0.603. The Morgan fingerprint density at radius 3 is 1.86 bits per heavy atom. The van der Waals surface area contributed by atoms with Gasteiger partial charge in [-0.25, -0.2) is 0 Å². The maximum Gasteiger partial charge on any atom is 0.00385 e. The van der Waals surface area contributed by atoms with Crippen LogP contribution < -0.4 is 0 Å². The van der Waals surface area contributed by atoms with Crippen LogP contribution in [0.25, 0.3) is 0 Å². The van der Waals surface area contributed by atoms with Crippen LogP contribution in [0, 0.1) is 11.8 Å². The molecule has 0 rings (SSSR count). The molecule has 1 nitrogen and oxygen atoms in total. The molecule has 0 aliphatic heterocycles. The molecule has 0 spiro atoms. The minimum atomic E-state index is 0.691. The van der Waals surface area contributed by atoms with Crippen molar-refractivity contribution in [2.45, 2.75) is 60.4 Å². The Balaban J connectivity index is 3.94. The van der Waals surface area contributed by atoms with E-state index in [2.05, 4.69) is 46.4 Å². The second-order valence-electron chi connectivity index (χ2n) is 4.92. The highest BCUT2D eigenvalue weighted by atomic mass is 15.1. The third-order valence-corrected chi connectivity index (χ3v) is 3.37. The van der Waals surface area contributed by atoms with Gasteiger partial charge in [-0.2, -0.15) is 0 Å². The molecule has 86 valence electrons. The van der Waals surface area contributed by atoms with Crippen molar-refractivity contribution in [2.24, 2.45) is 11.8 Å². The van der Waals surface area contributed by atoms with Crippen LogP contribution in [0.3, 0.4) is 0 Å². The van der Waals surface area contributed by atoms with Crippen molar-refractivity contribution in [1.82, 2.24) is 4.90 Å². The van der Waals surface area contributed by atoms with Crippen molar-refractivity contribution in [3.63, 3.8) is 0 Å². The zero-order valence-corrected chi connectivity index (χ0v) is 11.0. The SMILES string of the molecule is CCCC(C)C(C)CN(CC)C(C)C. The molecule has 2 unspecified atom stereocenters. The summed E-state index contributed by atoms with van der Waals surface area (Å²) in [5.41, 5.74) is 0. The van der Waals surface area contributed by atoms with Crippen molar-refractivity contribution in [3.8, 4) is 0 Å². The number of hydrogen-bond donors (Lipinski definition) is 0. The van der Waals surface area contributed by atoms with Crippen LogP contribution in [0.1, 0.15) is 54.4 Å². The summed E-state index contributed by atoms with van der Waals surface area (Å²) < 4.78 is 0. The molecule has 0 amide bonds. The maximum atomic E-state index is 2.57. The van der Waals surface area contributed by atoms with Crippen molar-refractivity contribution in [3.05, 3.63) is 0 Å². The lowest BCUT2D eigenvalue weighted by Crippen LogP contribution is -2.36. The highest BCUT2D eigenvalue weighted by molar-refractivity contribution is 4.69. The van der Waals surface area contributed by atoms with Gasteiger partial charge in [0, 0.05) is 12.6 Å². The molecule has 0 saturated carbocycles. The van der Waals surface area contributed by atoms with Gasteiger partial charge in [-0.3, -0.25) is 0 Å². The van der Waals surface area contributed by atoms with Crippen LogP contribution in [-0.4, -0.2) is 24.0 Å². The van der Waals surface area contributed by atoms with Gasteiger partial charge in [-0.05, 0) is 32.2 Å². The van der Waals surface area contributed by atoms with Crippen LogP contribution >= 0.6 is 0 Å². The van der Waals surface area contributed by atoms with Crippen LogP contribution in [0.15, 0.2) is 0 Å². The lowest BCUT2D eigenvalue weighted by molar-refractivity contribution is 0.173. The van der Waals surface area contributed by atoms with E-state index >= 15 is 0 Å². The normalized spacial score (nSPS) is 16.3. The predicted molar refractivity (Wildman–Crippen MR) is 65.6 cm³/mol. The Labute approximate surface area is 90.9 Å². The topological polar surface area (TPSA) is 3.24 Å². The fourth-order valence-electron chi connectivity index (χ4n) is 1.99. The zero-order valence-electron chi connectivity index (χ0n) is 11.0. The van der Waals surface area contributed by atoms with Crippen molar-refractivity contribution >= 4 is 0 Å². The Morgan fingerprint density at radius 2 is 1.50 bits per heavy atom. The van der Waals surface area contributed by atoms with Gasteiger partial charge in [0.1, 0.15) is 0 Å². The van der Waals surface area contributed by atoms with Crippen LogP contribution in [0.2, 0.25) is 0 Å². The van der Waals surface area contributed by atoms with Crippen LogP contribution in [-0.2, 0) is 0 Å². The van der Waals surface area contributed by atoms with E-state index in [1.165, 1.54) is 25.9 Å². The molecule has 0 bridgehead atoms. The maximum absolute atomic E-state index is 2.57. The van der Waals surface area contributed by atoms with Crippen LogP contribution in [0.4, 0.5) is 0 Å². The smallest absolute Gasteiger partial charge is 0.00385 e. The van der Waals surface area contributed by atoms with E-state index in [0.29, 0.717) is 6.04 Å². The monoisotopic (exact) mass is 199 g/mol. The Bertz CT molecular complexity index is 131. The molecule has 0 aliphatic carbocycles. The van der Waals surface area contributed by atoms with E-state index in [9.17, 15) is 0 Å². The first-order valence-electron chi connectivity index (χ1n) is 6.26. The number of rotatable bonds is 7. The molecule has 1 heteroatoms. The molecule has 0 radical (unpaired) electrons. The second kappa shape index (κ2) is 7.28. The average molecular weight is 199 g/mol. The molecule has 0 aromatic carbocycles. The van der Waals surface area contributed by atoms with E-state index in [1.54, 1.807) is 0 Å². The van der Waals surface area contributed by atoms with Gasteiger partial charge in [0.05, 0.1) is 0 Å². The molecule has 0 aromatic rings. The Hall–Kier alpha value is -0.0400. The average Bonchev–Trinajstić information content (AvgIpc) is 2.13. The minimum Gasteiger partial charge on any atom is -0.301 e. The molecular weight excluding hydrogens is 170 g/mol. The largest absolute Gasteiger partial charge is 0.301 e. The summed E-state index contributed by atoms with van der Waals surface area (Å²) in [5.74, 6) is 1.70. The van der Waals surface area contributed by atoms with Crippen LogP contribution in [0.5, 0.6) is 0 Å². The van der Waals surface area contributed by atoms with Gasteiger partial charge in [-0.1, -0.05) is 40.5 Å². The number of hydrogen-bond acceptors (Lipinski definition) is 1. The van der Waals surface area contributed by atoms with Gasteiger partial charge < -0.3 is 4.90 Å². The lowest BCUT2D eigenvalue weighted by Gasteiger charge is -2.30. The molecule has 0 saturated heterocycles. The summed E-state index contributed by atoms with van der Waals surface area (Å²) in [6.07, 6.45) is 2.69. The van der Waals surface area contributed by atoms with E-state index in [-0.39, 0.29) is 0 Å². The highest BCUT2D eigenvalue weighted by Gasteiger charge is 2.16. The summed E-state index contributed by atoms with van der Waals surface area (Å²) in [5, 5.41) is 0. The molecule has 0 heterocycles. The molecule has 14 heavy (non-hydrogen) atoms. The third kappa shape index (κ3) is 4.99. The Morgan fingerprint density at radius 1 is 0.929 bits per heavy atom. The summed E-state index contributed by atoms with van der Waals surface area (Å²) in [7, 11) is 0. The summed E-state index contributed by atoms with van der Waals surface area (Å²) in [6.45, 7) is 16.4. The summed E-state index contributed by atoms with van der Waals surface area (Å²) >= 11 is 0. The van der Waals surface area contributed by atoms with Gasteiger partial charge in [0.2, 0.25) is 0 Å². The highest BCUT2D eigenvalue weighted by Crippen LogP contribution is 2.18. The molecular formula is C13H29N. The molecule has 0 fully saturated rings. The molecule has 2 atom stereocenters. The van der Waals surface area contributed by atoms with Gasteiger partial charge >= 0.3 is 0 Å². The van der Waals surface area contributed by atoms with Gasteiger partial charge in [0.25, 0.3) is 0 Å². The first kappa shape index (κ1) is 14.0. The first-order valence-corrected chi connectivity index (χ1v) is 6.26. The van der Waals surface area contributed by atoms with Gasteiger partial charge in [-0.15, -0.1) is 0 Å². The summed E-state index contributed by atoms with van der Waals surface area (Å²) in [6, 6.07) is 0.691. The zero-order chi connectivity index (χ0) is 11.1. The van der Waals surface area contributed by atoms with E-state index in [1.807, 2.05) is 0 Å². The van der Waals surface area contributed by atoms with Crippen molar-refractivity contribution in [2.75, 3.05) is 13.1 Å². The fourth-order valence-corrected chi connectivity index (χ4v) is 1.99. The van der Waals surface area contributed by atoms with Crippen molar-refractivity contribution in [1.29, 1.82) is 0 Å². The van der Waals surface area contributed by atoms with Crippen molar-refractivity contribution < 1.29 is 0 Å². The first-order chi connectivity index (χ1) is 6.52. The number of nitrogens with zero attached hydrogens (tertiary/aromatic N) is 1. The standard InChI is InChI=1S/C13H29N/c1-7-9-12(5)13(6)10-14(8-2)11(3)4/h11-13H,7-10H2,1-6H3. The van der Waals surface area contributed by atoms with E-state index in [4.69, 9.17) is 0 Å². The van der Waals surface area contributed by atoms with E-state index < -0.39 is 0 Å². The minimum absolute atomic E-state index is 0.691. The molecule has 0 aliphatic rings. The second-order valence-corrected chi connectivity index (χ2v) is 4.92. The summed E-state index contributed by atoms with van der Waals surface area (Å²) in [4.78, 5) is 2.57. The lowest BCUT2D eigenvalue weighted by atomic mass is 9.91.